The standard InChI is InChI=1S/C19H24O4/c1-19-7-6-14-13-5-3-12(21)8-11(13)2-4-15(14)16(19)9-17(18(19)22)23-10-20/h3,5,8,10,14-18,21-22H,2,4,6-7,9H2,1H3/t14?,15?,16?,17-,18+,19+/m1/s1. The van der Waals surface area contributed by atoms with Crippen molar-refractivity contribution in [3.63, 3.8) is 0 Å². The Bertz CT molecular complexity index is 628. The van der Waals surface area contributed by atoms with Gasteiger partial charge >= 0.3 is 0 Å². The molecule has 1 aromatic carbocycles. The summed E-state index contributed by atoms with van der Waals surface area (Å²) in [5.74, 6) is 1.77. The van der Waals surface area contributed by atoms with Gasteiger partial charge in [0.2, 0.25) is 0 Å². The van der Waals surface area contributed by atoms with E-state index >= 15 is 0 Å². The van der Waals surface area contributed by atoms with Crippen molar-refractivity contribution in [2.75, 3.05) is 0 Å². The van der Waals surface area contributed by atoms with E-state index in [4.69, 9.17) is 4.74 Å². The highest BCUT2D eigenvalue weighted by molar-refractivity contribution is 5.41. The Labute approximate surface area is 136 Å². The van der Waals surface area contributed by atoms with E-state index in [1.165, 1.54) is 11.1 Å². The van der Waals surface area contributed by atoms with Crippen LogP contribution >= 0.6 is 0 Å². The minimum atomic E-state index is -0.556. The first-order valence-corrected chi connectivity index (χ1v) is 8.63. The number of fused-ring (bicyclic) bond motifs is 5. The average Bonchev–Trinajstić information content (AvgIpc) is 2.79. The molecule has 2 N–H and O–H groups in total. The van der Waals surface area contributed by atoms with Crippen molar-refractivity contribution in [3.05, 3.63) is 29.3 Å². The van der Waals surface area contributed by atoms with Crippen LogP contribution in [0.5, 0.6) is 5.75 Å². The minimum Gasteiger partial charge on any atom is -0.508 e. The van der Waals surface area contributed by atoms with E-state index in [9.17, 15) is 15.0 Å². The topological polar surface area (TPSA) is 66.8 Å². The zero-order chi connectivity index (χ0) is 16.2. The van der Waals surface area contributed by atoms with E-state index in [1.54, 1.807) is 6.07 Å². The molecular weight excluding hydrogens is 292 g/mol. The van der Waals surface area contributed by atoms with Crippen molar-refractivity contribution in [1.29, 1.82) is 0 Å². The molecule has 3 unspecified atom stereocenters. The predicted octanol–water partition coefficient (Wildman–Crippen LogP) is 2.76. The number of hydrogen-bond donors (Lipinski definition) is 2. The van der Waals surface area contributed by atoms with Crippen LogP contribution in [0.25, 0.3) is 0 Å². The van der Waals surface area contributed by atoms with Crippen LogP contribution < -0.4 is 0 Å². The molecular formula is C19H24O4. The molecule has 4 heteroatoms. The summed E-state index contributed by atoms with van der Waals surface area (Å²) in [4.78, 5) is 10.7. The van der Waals surface area contributed by atoms with Gasteiger partial charge in [0, 0.05) is 5.41 Å². The summed E-state index contributed by atoms with van der Waals surface area (Å²) in [6, 6.07) is 5.77. The number of phenolic OH excluding ortho intramolecular Hbond substituents is 1. The Morgan fingerprint density at radius 3 is 2.96 bits per heavy atom. The Balaban J connectivity index is 1.67. The Morgan fingerprint density at radius 1 is 1.35 bits per heavy atom. The van der Waals surface area contributed by atoms with Gasteiger partial charge in [-0.2, -0.15) is 0 Å². The molecule has 0 aromatic heterocycles. The summed E-state index contributed by atoms with van der Waals surface area (Å²) in [7, 11) is 0. The number of carbonyl (C=O) groups is 1. The van der Waals surface area contributed by atoms with E-state index in [-0.39, 0.29) is 11.5 Å². The molecule has 6 atom stereocenters. The van der Waals surface area contributed by atoms with Gasteiger partial charge in [-0.25, -0.2) is 0 Å². The quantitative estimate of drug-likeness (QED) is 0.823. The van der Waals surface area contributed by atoms with Gasteiger partial charge in [0.15, 0.2) is 0 Å². The smallest absolute Gasteiger partial charge is 0.293 e. The summed E-state index contributed by atoms with van der Waals surface area (Å²) in [6.45, 7) is 2.64. The molecule has 0 spiro atoms. The van der Waals surface area contributed by atoms with Crippen molar-refractivity contribution in [1.82, 2.24) is 0 Å². The number of hydrogen-bond acceptors (Lipinski definition) is 4. The van der Waals surface area contributed by atoms with Gasteiger partial charge in [0.25, 0.3) is 6.47 Å². The minimum absolute atomic E-state index is 0.150. The van der Waals surface area contributed by atoms with Gasteiger partial charge in [-0.15, -0.1) is 0 Å². The Hall–Kier alpha value is -1.55. The number of ether oxygens (including phenoxy) is 1. The van der Waals surface area contributed by atoms with Gasteiger partial charge < -0.3 is 14.9 Å². The fourth-order valence-corrected chi connectivity index (χ4v) is 5.73. The first kappa shape index (κ1) is 15.0. The molecule has 2 saturated carbocycles. The molecule has 124 valence electrons. The molecule has 3 aliphatic rings. The average molecular weight is 316 g/mol. The van der Waals surface area contributed by atoms with Crippen LogP contribution in [-0.4, -0.2) is 28.9 Å². The third-order valence-electron chi connectivity index (χ3n) is 6.89. The first-order valence-electron chi connectivity index (χ1n) is 8.63. The molecule has 1 aromatic rings. The van der Waals surface area contributed by atoms with Crippen molar-refractivity contribution in [2.24, 2.45) is 17.3 Å². The second-order valence-electron chi connectivity index (χ2n) is 7.79. The number of phenols is 1. The molecule has 0 radical (unpaired) electrons. The van der Waals surface area contributed by atoms with Gasteiger partial charge in [-0.3, -0.25) is 4.79 Å². The molecule has 0 amide bonds. The maximum absolute atomic E-state index is 10.7. The lowest BCUT2D eigenvalue weighted by Crippen LogP contribution is -2.45. The zero-order valence-corrected chi connectivity index (χ0v) is 13.4. The van der Waals surface area contributed by atoms with Gasteiger partial charge in [-0.1, -0.05) is 13.0 Å². The van der Waals surface area contributed by atoms with E-state index in [0.717, 1.165) is 32.1 Å². The van der Waals surface area contributed by atoms with Crippen molar-refractivity contribution < 1.29 is 19.7 Å². The zero-order valence-electron chi connectivity index (χ0n) is 13.4. The number of aliphatic hydroxyl groups is 1. The summed E-state index contributed by atoms with van der Waals surface area (Å²) < 4.78 is 5.17. The highest BCUT2D eigenvalue weighted by Crippen LogP contribution is 2.61. The lowest BCUT2D eigenvalue weighted by molar-refractivity contribution is -0.140. The monoisotopic (exact) mass is 316 g/mol. The molecule has 4 rings (SSSR count). The maximum atomic E-state index is 10.7. The Morgan fingerprint density at radius 2 is 2.17 bits per heavy atom. The van der Waals surface area contributed by atoms with E-state index in [2.05, 4.69) is 13.0 Å². The summed E-state index contributed by atoms with van der Waals surface area (Å²) in [5, 5.41) is 20.4. The fraction of sp³-hybridized carbons (Fsp3) is 0.632. The third kappa shape index (κ3) is 2.11. The summed E-state index contributed by atoms with van der Waals surface area (Å²) in [5.41, 5.74) is 2.49. The molecule has 2 fully saturated rings. The fourth-order valence-electron chi connectivity index (χ4n) is 5.73. The lowest BCUT2D eigenvalue weighted by Gasteiger charge is -2.49. The lowest BCUT2D eigenvalue weighted by atomic mass is 9.55. The molecule has 23 heavy (non-hydrogen) atoms. The highest BCUT2D eigenvalue weighted by Gasteiger charge is 2.58. The van der Waals surface area contributed by atoms with Crippen LogP contribution in [0.4, 0.5) is 0 Å². The van der Waals surface area contributed by atoms with Crippen LogP contribution in [0, 0.1) is 17.3 Å². The SMILES string of the molecule is C[C@]12CCC3c4ccc(O)cc4CCC3C1C[C@@H](OC=O)[C@@H]2O. The molecule has 0 heterocycles. The van der Waals surface area contributed by atoms with Crippen molar-refractivity contribution >= 4 is 6.47 Å². The Kier molecular flexibility index (Phi) is 3.41. The number of aliphatic hydroxyl groups excluding tert-OH is 1. The van der Waals surface area contributed by atoms with E-state index in [0.29, 0.717) is 30.0 Å². The number of rotatable bonds is 2. The highest BCUT2D eigenvalue weighted by atomic mass is 16.5. The normalized spacial score (nSPS) is 41.6. The number of carbonyl (C=O) groups excluding carboxylic acids is 1. The largest absolute Gasteiger partial charge is 0.508 e. The van der Waals surface area contributed by atoms with Gasteiger partial charge in [0.1, 0.15) is 11.9 Å². The summed E-state index contributed by atoms with van der Waals surface area (Å²) >= 11 is 0. The summed E-state index contributed by atoms with van der Waals surface area (Å²) in [6.07, 6.45) is 3.93. The second-order valence-corrected chi connectivity index (χ2v) is 7.79. The van der Waals surface area contributed by atoms with E-state index < -0.39 is 6.10 Å². The van der Waals surface area contributed by atoms with Crippen molar-refractivity contribution in [2.45, 2.75) is 57.2 Å². The number of benzene rings is 1. The number of aromatic hydroxyl groups is 1. The van der Waals surface area contributed by atoms with Crippen LogP contribution in [0.1, 0.15) is 49.7 Å². The van der Waals surface area contributed by atoms with Crippen LogP contribution in [-0.2, 0) is 16.0 Å². The van der Waals surface area contributed by atoms with Gasteiger partial charge in [-0.05, 0) is 73.1 Å². The molecule has 0 aliphatic heterocycles. The molecule has 0 bridgehead atoms. The molecule has 0 saturated heterocycles. The first-order chi connectivity index (χ1) is 11.0. The molecule has 4 nitrogen and oxygen atoms in total. The van der Waals surface area contributed by atoms with Crippen molar-refractivity contribution in [3.8, 4) is 5.75 Å². The second kappa shape index (κ2) is 5.23. The molecule has 3 aliphatic carbocycles. The van der Waals surface area contributed by atoms with E-state index in [1.807, 2.05) is 6.07 Å². The van der Waals surface area contributed by atoms with Gasteiger partial charge in [0.05, 0.1) is 6.10 Å². The van der Waals surface area contributed by atoms with Crippen LogP contribution in [0.2, 0.25) is 0 Å². The van der Waals surface area contributed by atoms with Crippen LogP contribution in [0.3, 0.4) is 0 Å². The maximum Gasteiger partial charge on any atom is 0.293 e. The number of aryl methyl sites for hydroxylation is 1. The predicted molar refractivity (Wildman–Crippen MR) is 85.1 cm³/mol. The third-order valence-corrected chi connectivity index (χ3v) is 6.89. The van der Waals surface area contributed by atoms with Crippen LogP contribution in [0.15, 0.2) is 18.2 Å².